The fourth-order valence-corrected chi connectivity index (χ4v) is 2.89. The molecule has 0 unspecified atom stereocenters. The Hall–Kier alpha value is -2.98. The molecule has 11 heteroatoms. The van der Waals surface area contributed by atoms with E-state index in [0.29, 0.717) is 5.56 Å². The second-order valence-electron chi connectivity index (χ2n) is 6.09. The van der Waals surface area contributed by atoms with Gasteiger partial charge in [-0.05, 0) is 53.1 Å². The van der Waals surface area contributed by atoms with Gasteiger partial charge in [0.25, 0.3) is 0 Å². The SMILES string of the molecule is Cl.OC(c1ccncc1)(c1ccc(OC(F)(F)F)cc1)c1ccc(OC(F)(F)F)cc1. The van der Waals surface area contributed by atoms with Crippen LogP contribution < -0.4 is 9.47 Å². The molecule has 0 aliphatic heterocycles. The Balaban J connectivity index is 0.00000341. The molecule has 31 heavy (non-hydrogen) atoms. The van der Waals surface area contributed by atoms with Gasteiger partial charge in [0.05, 0.1) is 0 Å². The Kier molecular flexibility index (Phi) is 7.07. The summed E-state index contributed by atoms with van der Waals surface area (Å²) >= 11 is 0. The van der Waals surface area contributed by atoms with Crippen LogP contribution in [0.2, 0.25) is 0 Å². The molecule has 3 rings (SSSR count). The lowest BCUT2D eigenvalue weighted by atomic mass is 9.81. The van der Waals surface area contributed by atoms with E-state index in [1.807, 2.05) is 0 Å². The first-order chi connectivity index (χ1) is 14.0. The summed E-state index contributed by atoms with van der Waals surface area (Å²) in [5.74, 6) is -0.977. The lowest BCUT2D eigenvalue weighted by Crippen LogP contribution is -2.29. The van der Waals surface area contributed by atoms with Gasteiger partial charge in [0, 0.05) is 12.4 Å². The minimum absolute atomic E-state index is 0. The molecule has 2 aromatic carbocycles. The molecular weight excluding hydrogens is 452 g/mol. The summed E-state index contributed by atoms with van der Waals surface area (Å²) in [7, 11) is 0. The average molecular weight is 466 g/mol. The number of aromatic nitrogens is 1. The highest BCUT2D eigenvalue weighted by Gasteiger charge is 2.36. The zero-order chi connectivity index (χ0) is 22.0. The minimum atomic E-state index is -4.88. The first kappa shape index (κ1) is 24.3. The maximum absolute atomic E-state index is 12.4. The Morgan fingerprint density at radius 1 is 0.581 bits per heavy atom. The van der Waals surface area contributed by atoms with Crippen LogP contribution in [0, 0.1) is 0 Å². The van der Waals surface area contributed by atoms with E-state index in [1.165, 1.54) is 48.8 Å². The number of halogens is 7. The fourth-order valence-electron chi connectivity index (χ4n) is 2.89. The second kappa shape index (κ2) is 9.03. The molecule has 0 fully saturated rings. The zero-order valence-electron chi connectivity index (χ0n) is 15.3. The normalized spacial score (nSPS) is 12.1. The molecule has 0 saturated carbocycles. The van der Waals surface area contributed by atoms with E-state index >= 15 is 0 Å². The standard InChI is InChI=1S/C20H13F6NO3.ClH/c21-19(22,23)29-16-5-1-13(2-6-16)18(28,15-9-11-27-12-10-15)14-3-7-17(8-4-14)30-20(24,25)26;/h1-12,28H;1H. The molecule has 1 aromatic heterocycles. The van der Waals surface area contributed by atoms with Crippen LogP contribution >= 0.6 is 12.4 Å². The summed E-state index contributed by atoms with van der Waals surface area (Å²) in [5, 5.41) is 11.5. The summed E-state index contributed by atoms with van der Waals surface area (Å²) in [6.45, 7) is 0. The van der Waals surface area contributed by atoms with Gasteiger partial charge in [-0.15, -0.1) is 38.7 Å². The van der Waals surface area contributed by atoms with Gasteiger partial charge in [-0.3, -0.25) is 4.98 Å². The number of ether oxygens (including phenoxy) is 2. The van der Waals surface area contributed by atoms with Crippen molar-refractivity contribution in [1.82, 2.24) is 4.98 Å². The predicted molar refractivity (Wildman–Crippen MR) is 99.8 cm³/mol. The van der Waals surface area contributed by atoms with E-state index in [9.17, 15) is 31.4 Å². The molecule has 4 nitrogen and oxygen atoms in total. The average Bonchev–Trinajstić information content (AvgIpc) is 2.67. The number of benzene rings is 2. The van der Waals surface area contributed by atoms with Crippen LogP contribution in [-0.4, -0.2) is 22.8 Å². The third kappa shape index (κ3) is 6.02. The molecular formula is C20H14ClF6NO3. The maximum atomic E-state index is 12.4. The Morgan fingerprint density at radius 3 is 1.23 bits per heavy atom. The zero-order valence-corrected chi connectivity index (χ0v) is 16.1. The van der Waals surface area contributed by atoms with Crippen LogP contribution in [-0.2, 0) is 5.60 Å². The third-order valence-electron chi connectivity index (χ3n) is 4.11. The molecule has 3 aromatic rings. The van der Waals surface area contributed by atoms with Crippen LogP contribution in [0.5, 0.6) is 11.5 Å². The molecule has 1 heterocycles. The number of hydrogen-bond acceptors (Lipinski definition) is 4. The van der Waals surface area contributed by atoms with E-state index in [-0.39, 0.29) is 23.5 Å². The topological polar surface area (TPSA) is 51.6 Å². The number of rotatable bonds is 5. The van der Waals surface area contributed by atoms with Crippen molar-refractivity contribution in [2.45, 2.75) is 18.3 Å². The first-order valence-corrected chi connectivity index (χ1v) is 8.33. The Labute approximate surface area is 178 Å². The number of alkyl halides is 6. The number of aliphatic hydroxyl groups is 1. The monoisotopic (exact) mass is 465 g/mol. The second-order valence-corrected chi connectivity index (χ2v) is 6.09. The summed E-state index contributed by atoms with van der Waals surface area (Å²) in [5.41, 5.74) is -1.27. The van der Waals surface area contributed by atoms with Gasteiger partial charge < -0.3 is 14.6 Å². The molecule has 0 radical (unpaired) electrons. The van der Waals surface area contributed by atoms with Crippen molar-refractivity contribution in [3.63, 3.8) is 0 Å². The highest BCUT2D eigenvalue weighted by molar-refractivity contribution is 5.85. The molecule has 0 aliphatic carbocycles. The van der Waals surface area contributed by atoms with Crippen LogP contribution in [0.4, 0.5) is 26.3 Å². The van der Waals surface area contributed by atoms with Crippen molar-refractivity contribution in [3.8, 4) is 11.5 Å². The summed E-state index contributed by atoms with van der Waals surface area (Å²) in [6.07, 6.45) is -6.97. The van der Waals surface area contributed by atoms with E-state index < -0.39 is 29.8 Å². The van der Waals surface area contributed by atoms with Gasteiger partial charge in [-0.25, -0.2) is 0 Å². The van der Waals surface area contributed by atoms with Crippen LogP contribution in [0.1, 0.15) is 16.7 Å². The first-order valence-electron chi connectivity index (χ1n) is 8.33. The van der Waals surface area contributed by atoms with E-state index in [4.69, 9.17) is 0 Å². The van der Waals surface area contributed by atoms with Gasteiger partial charge in [-0.2, -0.15) is 0 Å². The number of hydrogen-bond donors (Lipinski definition) is 1. The largest absolute Gasteiger partial charge is 0.573 e. The number of nitrogens with zero attached hydrogens (tertiary/aromatic N) is 1. The van der Waals surface area contributed by atoms with Gasteiger partial charge >= 0.3 is 12.7 Å². The molecule has 1 N–H and O–H groups in total. The summed E-state index contributed by atoms with van der Waals surface area (Å²) in [4.78, 5) is 3.85. The lowest BCUT2D eigenvalue weighted by molar-refractivity contribution is -0.275. The molecule has 0 atom stereocenters. The molecule has 0 spiro atoms. The van der Waals surface area contributed by atoms with E-state index in [0.717, 1.165) is 24.3 Å². The minimum Gasteiger partial charge on any atom is -0.406 e. The Morgan fingerprint density at radius 2 is 0.903 bits per heavy atom. The van der Waals surface area contributed by atoms with Crippen LogP contribution in [0.25, 0.3) is 0 Å². The molecule has 0 aliphatic rings. The van der Waals surface area contributed by atoms with Crippen molar-refractivity contribution < 1.29 is 40.9 Å². The molecule has 0 saturated heterocycles. The predicted octanol–water partition coefficient (Wildman–Crippen LogP) is 5.58. The molecule has 0 amide bonds. The third-order valence-corrected chi connectivity index (χ3v) is 4.11. The van der Waals surface area contributed by atoms with Gasteiger partial charge in [0.1, 0.15) is 17.1 Å². The number of pyridine rings is 1. The summed E-state index contributed by atoms with van der Waals surface area (Å²) < 4.78 is 82.0. The summed E-state index contributed by atoms with van der Waals surface area (Å²) in [6, 6.07) is 11.9. The van der Waals surface area contributed by atoms with Gasteiger partial charge in [0.2, 0.25) is 0 Å². The highest BCUT2D eigenvalue weighted by Crippen LogP contribution is 2.38. The van der Waals surface area contributed by atoms with Gasteiger partial charge in [-0.1, -0.05) is 24.3 Å². The van der Waals surface area contributed by atoms with E-state index in [1.54, 1.807) is 0 Å². The van der Waals surface area contributed by atoms with Crippen molar-refractivity contribution >= 4 is 12.4 Å². The Bertz CT molecular complexity index is 918. The quantitative estimate of drug-likeness (QED) is 0.499. The van der Waals surface area contributed by atoms with Gasteiger partial charge in [0.15, 0.2) is 0 Å². The van der Waals surface area contributed by atoms with Crippen molar-refractivity contribution in [2.75, 3.05) is 0 Å². The van der Waals surface area contributed by atoms with Crippen molar-refractivity contribution in [3.05, 3.63) is 89.7 Å². The van der Waals surface area contributed by atoms with Crippen molar-refractivity contribution in [2.24, 2.45) is 0 Å². The molecule has 166 valence electrons. The van der Waals surface area contributed by atoms with E-state index in [2.05, 4.69) is 14.5 Å². The van der Waals surface area contributed by atoms with Crippen LogP contribution in [0.3, 0.4) is 0 Å². The smallest absolute Gasteiger partial charge is 0.406 e. The van der Waals surface area contributed by atoms with Crippen LogP contribution in [0.15, 0.2) is 73.1 Å². The highest BCUT2D eigenvalue weighted by atomic mass is 35.5. The fraction of sp³-hybridized carbons (Fsp3) is 0.150. The lowest BCUT2D eigenvalue weighted by Gasteiger charge is -2.30. The maximum Gasteiger partial charge on any atom is 0.573 e. The van der Waals surface area contributed by atoms with Crippen molar-refractivity contribution in [1.29, 1.82) is 0 Å². The molecule has 0 bridgehead atoms.